The van der Waals surface area contributed by atoms with Gasteiger partial charge in [-0.05, 0) is 43.3 Å². The van der Waals surface area contributed by atoms with Crippen molar-refractivity contribution in [3.63, 3.8) is 0 Å². The van der Waals surface area contributed by atoms with Crippen molar-refractivity contribution >= 4 is 17.3 Å². The molecule has 3 aromatic carbocycles. The molecule has 27 heavy (non-hydrogen) atoms. The Balaban J connectivity index is 1.86. The molecule has 5 heteroatoms. The number of phenols is 1. The van der Waals surface area contributed by atoms with E-state index in [1.165, 1.54) is 0 Å². The number of hydrogen-bond acceptors (Lipinski definition) is 4. The van der Waals surface area contributed by atoms with Crippen LogP contribution >= 0.6 is 0 Å². The quantitative estimate of drug-likeness (QED) is 0.723. The average molecular weight is 360 g/mol. The second-order valence-corrected chi connectivity index (χ2v) is 6.53. The largest absolute Gasteiger partial charge is 0.507 e. The minimum absolute atomic E-state index is 0.0659. The Labute approximate surface area is 157 Å². The van der Waals surface area contributed by atoms with Crippen molar-refractivity contribution in [1.82, 2.24) is 0 Å². The molecule has 136 valence electrons. The van der Waals surface area contributed by atoms with Gasteiger partial charge in [-0.3, -0.25) is 9.69 Å². The van der Waals surface area contributed by atoms with Crippen LogP contribution in [0.3, 0.4) is 0 Å². The molecule has 3 aromatic rings. The summed E-state index contributed by atoms with van der Waals surface area (Å²) < 4.78 is 5.18. The summed E-state index contributed by atoms with van der Waals surface area (Å²) in [6, 6.07) is 20.2. The fourth-order valence-corrected chi connectivity index (χ4v) is 3.32. The number of fused-ring (bicyclic) bond motifs is 1. The van der Waals surface area contributed by atoms with E-state index in [9.17, 15) is 9.90 Å². The SMILES string of the molecule is COc1ccc(C2Nc3ccccc3C(=O)N2c2ccc(C)cc2)c(O)c1. The summed E-state index contributed by atoms with van der Waals surface area (Å²) in [4.78, 5) is 15.0. The Hall–Kier alpha value is -3.47. The van der Waals surface area contributed by atoms with Crippen LogP contribution in [0.15, 0.2) is 66.7 Å². The number of anilines is 2. The Morgan fingerprint density at radius 2 is 1.78 bits per heavy atom. The van der Waals surface area contributed by atoms with Crippen LogP contribution in [-0.4, -0.2) is 18.1 Å². The van der Waals surface area contributed by atoms with Gasteiger partial charge in [-0.25, -0.2) is 0 Å². The van der Waals surface area contributed by atoms with E-state index in [4.69, 9.17) is 4.74 Å². The first-order chi connectivity index (χ1) is 13.1. The predicted octanol–water partition coefficient (Wildman–Crippen LogP) is 4.48. The highest BCUT2D eigenvalue weighted by Crippen LogP contribution is 2.40. The zero-order chi connectivity index (χ0) is 19.0. The Kier molecular flexibility index (Phi) is 4.20. The van der Waals surface area contributed by atoms with Crippen LogP contribution in [0.1, 0.15) is 27.7 Å². The minimum Gasteiger partial charge on any atom is -0.507 e. The number of ether oxygens (including phenoxy) is 1. The number of nitrogens with one attached hydrogen (secondary N) is 1. The lowest BCUT2D eigenvalue weighted by atomic mass is 10.0. The molecule has 0 bridgehead atoms. The maximum atomic E-state index is 13.3. The maximum Gasteiger partial charge on any atom is 0.262 e. The van der Waals surface area contributed by atoms with Crippen molar-refractivity contribution in [2.75, 3.05) is 17.3 Å². The van der Waals surface area contributed by atoms with E-state index < -0.39 is 6.17 Å². The van der Waals surface area contributed by atoms with Crippen LogP contribution in [-0.2, 0) is 0 Å². The van der Waals surface area contributed by atoms with E-state index >= 15 is 0 Å². The van der Waals surface area contributed by atoms with Crippen molar-refractivity contribution in [2.24, 2.45) is 0 Å². The summed E-state index contributed by atoms with van der Waals surface area (Å²) in [6.07, 6.45) is -0.541. The van der Waals surface area contributed by atoms with Crippen molar-refractivity contribution < 1.29 is 14.6 Å². The van der Waals surface area contributed by atoms with Crippen molar-refractivity contribution in [2.45, 2.75) is 13.1 Å². The number of para-hydroxylation sites is 1. The minimum atomic E-state index is -0.541. The van der Waals surface area contributed by atoms with Gasteiger partial charge in [0, 0.05) is 23.0 Å². The summed E-state index contributed by atoms with van der Waals surface area (Å²) in [6.45, 7) is 2.00. The first-order valence-corrected chi connectivity index (χ1v) is 8.71. The van der Waals surface area contributed by atoms with Crippen LogP contribution in [0.25, 0.3) is 0 Å². The molecular weight excluding hydrogens is 340 g/mol. The van der Waals surface area contributed by atoms with Gasteiger partial charge in [-0.2, -0.15) is 0 Å². The maximum absolute atomic E-state index is 13.3. The monoisotopic (exact) mass is 360 g/mol. The molecule has 0 aliphatic carbocycles. The molecule has 1 aliphatic rings. The number of benzene rings is 3. The molecule has 0 saturated carbocycles. The lowest BCUT2D eigenvalue weighted by molar-refractivity contribution is 0.0974. The molecule has 1 amide bonds. The third-order valence-electron chi connectivity index (χ3n) is 4.77. The highest BCUT2D eigenvalue weighted by Gasteiger charge is 2.35. The second-order valence-electron chi connectivity index (χ2n) is 6.53. The number of carbonyl (C=O) groups excluding carboxylic acids is 1. The molecule has 0 aromatic heterocycles. The fourth-order valence-electron chi connectivity index (χ4n) is 3.32. The molecule has 4 rings (SSSR count). The zero-order valence-electron chi connectivity index (χ0n) is 15.1. The average Bonchev–Trinajstić information content (AvgIpc) is 2.69. The van der Waals surface area contributed by atoms with Crippen LogP contribution < -0.4 is 15.0 Å². The molecule has 1 atom stereocenters. The summed E-state index contributed by atoms with van der Waals surface area (Å²) in [5, 5.41) is 13.9. The van der Waals surface area contributed by atoms with Gasteiger partial charge in [0.15, 0.2) is 0 Å². The lowest BCUT2D eigenvalue weighted by Crippen LogP contribution is -2.43. The molecule has 0 spiro atoms. The van der Waals surface area contributed by atoms with E-state index in [1.54, 1.807) is 36.3 Å². The number of hydrogen-bond donors (Lipinski definition) is 2. The van der Waals surface area contributed by atoms with Crippen molar-refractivity contribution in [3.05, 3.63) is 83.4 Å². The lowest BCUT2D eigenvalue weighted by Gasteiger charge is -2.38. The van der Waals surface area contributed by atoms with E-state index in [0.29, 0.717) is 16.9 Å². The smallest absolute Gasteiger partial charge is 0.262 e. The highest BCUT2D eigenvalue weighted by atomic mass is 16.5. The molecule has 2 N–H and O–H groups in total. The van der Waals surface area contributed by atoms with Gasteiger partial charge in [0.2, 0.25) is 0 Å². The van der Waals surface area contributed by atoms with Gasteiger partial charge in [-0.15, -0.1) is 0 Å². The van der Waals surface area contributed by atoms with Crippen molar-refractivity contribution in [3.8, 4) is 11.5 Å². The van der Waals surface area contributed by atoms with Gasteiger partial charge in [0.05, 0.1) is 12.7 Å². The van der Waals surface area contributed by atoms with Crippen LogP contribution in [0, 0.1) is 6.92 Å². The predicted molar refractivity (Wildman–Crippen MR) is 105 cm³/mol. The number of phenolic OH excluding ortho intramolecular Hbond substituents is 1. The Morgan fingerprint density at radius 1 is 1.04 bits per heavy atom. The van der Waals surface area contributed by atoms with Gasteiger partial charge >= 0.3 is 0 Å². The Bertz CT molecular complexity index is 999. The van der Waals surface area contributed by atoms with Crippen molar-refractivity contribution in [1.29, 1.82) is 0 Å². The summed E-state index contributed by atoms with van der Waals surface area (Å²) in [5.74, 6) is 0.505. The number of rotatable bonds is 3. The van der Waals surface area contributed by atoms with E-state index in [1.807, 2.05) is 49.4 Å². The fraction of sp³-hybridized carbons (Fsp3) is 0.136. The van der Waals surface area contributed by atoms with Gasteiger partial charge in [-0.1, -0.05) is 29.8 Å². The number of carbonyl (C=O) groups is 1. The Morgan fingerprint density at radius 3 is 2.48 bits per heavy atom. The molecule has 0 radical (unpaired) electrons. The molecule has 0 saturated heterocycles. The summed E-state index contributed by atoms with van der Waals surface area (Å²) in [5.41, 5.74) is 3.81. The number of nitrogens with zero attached hydrogens (tertiary/aromatic N) is 1. The molecule has 0 fully saturated rings. The number of aryl methyl sites for hydroxylation is 1. The number of amides is 1. The topological polar surface area (TPSA) is 61.8 Å². The van der Waals surface area contributed by atoms with E-state index in [-0.39, 0.29) is 11.7 Å². The third-order valence-corrected chi connectivity index (χ3v) is 4.77. The van der Waals surface area contributed by atoms with Gasteiger partial charge in [0.25, 0.3) is 5.91 Å². The normalized spacial score (nSPS) is 15.9. The first kappa shape index (κ1) is 17.0. The molecule has 5 nitrogen and oxygen atoms in total. The molecule has 1 unspecified atom stereocenters. The zero-order valence-corrected chi connectivity index (χ0v) is 15.1. The molecular formula is C22H20N2O3. The second kappa shape index (κ2) is 6.68. The standard InChI is InChI=1S/C22H20N2O3/c1-14-7-9-15(10-8-14)24-21(18-12-11-16(27-2)13-20(18)25)23-19-6-4-3-5-17(19)22(24)26/h3-13,21,23,25H,1-2H3. The number of methoxy groups -OCH3 is 1. The van der Waals surface area contributed by atoms with Gasteiger partial charge in [0.1, 0.15) is 17.7 Å². The van der Waals surface area contributed by atoms with Crippen LogP contribution in [0.4, 0.5) is 11.4 Å². The van der Waals surface area contributed by atoms with E-state index in [2.05, 4.69) is 5.32 Å². The highest BCUT2D eigenvalue weighted by molar-refractivity contribution is 6.12. The molecule has 1 heterocycles. The third kappa shape index (κ3) is 2.97. The summed E-state index contributed by atoms with van der Waals surface area (Å²) >= 11 is 0. The summed E-state index contributed by atoms with van der Waals surface area (Å²) in [7, 11) is 1.55. The van der Waals surface area contributed by atoms with Gasteiger partial charge < -0.3 is 15.2 Å². The molecule has 1 aliphatic heterocycles. The first-order valence-electron chi connectivity index (χ1n) is 8.71. The van der Waals surface area contributed by atoms with E-state index in [0.717, 1.165) is 16.9 Å². The number of aromatic hydroxyl groups is 1. The van der Waals surface area contributed by atoms with Crippen LogP contribution in [0.2, 0.25) is 0 Å². The van der Waals surface area contributed by atoms with Crippen LogP contribution in [0.5, 0.6) is 11.5 Å².